The second-order valence-electron chi connectivity index (χ2n) is 11.4. The van der Waals surface area contributed by atoms with Gasteiger partial charge in [-0.2, -0.15) is 0 Å². The van der Waals surface area contributed by atoms with Crippen molar-refractivity contribution in [3.8, 4) is 5.75 Å². The summed E-state index contributed by atoms with van der Waals surface area (Å²) in [5.74, 6) is 0.952. The fourth-order valence-electron chi connectivity index (χ4n) is 6.66. The molecule has 2 heterocycles. The van der Waals surface area contributed by atoms with E-state index in [2.05, 4.69) is 150 Å². The first-order valence-electron chi connectivity index (χ1n) is 14.8. The third-order valence-electron chi connectivity index (χ3n) is 8.86. The van der Waals surface area contributed by atoms with Crippen LogP contribution in [0.15, 0.2) is 133 Å². The van der Waals surface area contributed by atoms with E-state index in [1.54, 1.807) is 0 Å². The van der Waals surface area contributed by atoms with Gasteiger partial charge in [0, 0.05) is 18.1 Å². The van der Waals surface area contributed by atoms with E-state index in [-0.39, 0.29) is 18.4 Å². The van der Waals surface area contributed by atoms with Crippen molar-refractivity contribution in [3.63, 3.8) is 0 Å². The van der Waals surface area contributed by atoms with Gasteiger partial charge in [0.2, 0.25) is 0 Å². The van der Waals surface area contributed by atoms with E-state index in [0.29, 0.717) is 0 Å². The summed E-state index contributed by atoms with van der Waals surface area (Å²) in [7, 11) is 2.19. The molecule has 2 N–H and O–H groups in total. The highest BCUT2D eigenvalue weighted by atomic mass is 16.5. The van der Waals surface area contributed by atoms with Crippen LogP contribution >= 0.6 is 0 Å². The van der Waals surface area contributed by atoms with Crippen molar-refractivity contribution >= 4 is 32.9 Å². The van der Waals surface area contributed by atoms with Crippen LogP contribution in [0, 0.1) is 0 Å². The molecule has 1 aliphatic carbocycles. The van der Waals surface area contributed by atoms with Crippen molar-refractivity contribution in [2.45, 2.75) is 31.3 Å². The zero-order valence-electron chi connectivity index (χ0n) is 23.6. The molecule has 0 bridgehead atoms. The summed E-state index contributed by atoms with van der Waals surface area (Å²) in [5, 5.41) is 12.4. The Bertz CT molecular complexity index is 1890. The summed E-state index contributed by atoms with van der Waals surface area (Å²) in [6.45, 7) is 0. The summed E-state index contributed by atoms with van der Waals surface area (Å²) in [6.07, 6.45) is 10.8. The lowest BCUT2D eigenvalue weighted by Crippen LogP contribution is -2.40. The molecule has 0 spiro atoms. The van der Waals surface area contributed by atoms with Gasteiger partial charge in [0.05, 0.1) is 11.7 Å². The van der Waals surface area contributed by atoms with Gasteiger partial charge in [0.1, 0.15) is 6.17 Å². The summed E-state index contributed by atoms with van der Waals surface area (Å²) >= 11 is 0. The van der Waals surface area contributed by atoms with Crippen molar-refractivity contribution in [1.29, 1.82) is 0 Å². The van der Waals surface area contributed by atoms with E-state index < -0.39 is 0 Å². The molecule has 0 saturated heterocycles. The molecule has 4 nitrogen and oxygen atoms in total. The highest BCUT2D eigenvalue weighted by molar-refractivity contribution is 6.13. The lowest BCUT2D eigenvalue weighted by molar-refractivity contribution is 0.263. The first-order valence-corrected chi connectivity index (χ1v) is 14.8. The molecule has 206 valence electrons. The minimum absolute atomic E-state index is 0.0159. The molecule has 2 aliphatic heterocycles. The van der Waals surface area contributed by atoms with E-state index in [1.807, 2.05) is 0 Å². The van der Waals surface area contributed by atoms with Crippen LogP contribution in [0.2, 0.25) is 0 Å². The average Bonchev–Trinajstić information content (AvgIpc) is 3.50. The molecular weight excluding hydrogens is 514 g/mol. The Hall–Kier alpha value is -4.80. The molecule has 0 fully saturated rings. The number of ether oxygens (including phenoxy) is 1. The van der Waals surface area contributed by atoms with Crippen molar-refractivity contribution < 1.29 is 4.74 Å². The molecule has 0 radical (unpaired) electrons. The Morgan fingerprint density at radius 2 is 1.57 bits per heavy atom. The van der Waals surface area contributed by atoms with Crippen LogP contribution in [0.4, 0.5) is 5.69 Å². The summed E-state index contributed by atoms with van der Waals surface area (Å²) < 4.78 is 6.68. The Kier molecular flexibility index (Phi) is 6.08. The lowest BCUT2D eigenvalue weighted by Gasteiger charge is -2.40. The van der Waals surface area contributed by atoms with Crippen molar-refractivity contribution in [2.75, 3.05) is 12.4 Å². The number of rotatable bonds is 4. The number of benzene rings is 5. The third-order valence-corrected chi connectivity index (χ3v) is 8.86. The monoisotopic (exact) mass is 547 g/mol. The zero-order valence-corrected chi connectivity index (χ0v) is 23.6. The molecule has 5 aromatic rings. The molecule has 0 saturated carbocycles. The summed E-state index contributed by atoms with van der Waals surface area (Å²) in [5.41, 5.74) is 7.27. The van der Waals surface area contributed by atoms with Crippen LogP contribution in [0.5, 0.6) is 5.75 Å². The van der Waals surface area contributed by atoms with Crippen molar-refractivity contribution in [2.24, 2.45) is 0 Å². The van der Waals surface area contributed by atoms with Crippen LogP contribution in [0.25, 0.3) is 27.2 Å². The summed E-state index contributed by atoms with van der Waals surface area (Å²) in [6, 6.07) is 37.2. The minimum Gasteiger partial charge on any atom is -0.464 e. The largest absolute Gasteiger partial charge is 0.464 e. The van der Waals surface area contributed by atoms with E-state index in [0.717, 1.165) is 24.3 Å². The molecule has 42 heavy (non-hydrogen) atoms. The van der Waals surface area contributed by atoms with Gasteiger partial charge >= 0.3 is 0 Å². The maximum atomic E-state index is 6.68. The van der Waals surface area contributed by atoms with Crippen molar-refractivity contribution in [1.82, 2.24) is 10.2 Å². The van der Waals surface area contributed by atoms with E-state index in [4.69, 9.17) is 4.74 Å². The van der Waals surface area contributed by atoms with Gasteiger partial charge in [0.15, 0.2) is 12.0 Å². The standard InChI is InChI=1S/C38H33N3O/c1-41-34(27-13-7-3-8-14-27)24-33(26-11-5-2-6-12-26)39-37(41)30-20-18-25-17-19-28-21-22-32-36(35(28)31(25)23-30)42-38(40-32)29-15-9-4-10-16-29/h2-9,11-15,17-24,33,37-40H,10,16H2,1H3. The van der Waals surface area contributed by atoms with Gasteiger partial charge in [-0.3, -0.25) is 5.32 Å². The summed E-state index contributed by atoms with van der Waals surface area (Å²) in [4.78, 5) is 2.36. The minimum atomic E-state index is -0.120. The van der Waals surface area contributed by atoms with Gasteiger partial charge in [-0.15, -0.1) is 0 Å². The predicted octanol–water partition coefficient (Wildman–Crippen LogP) is 8.72. The SMILES string of the molecule is CN1C(c2ccccc2)=CC(c2ccccc2)NC1c1ccc2ccc3ccc4c(c3c2c1)OC(C1=CC=CCC1)N4. The van der Waals surface area contributed by atoms with Gasteiger partial charge in [-0.25, -0.2) is 0 Å². The predicted molar refractivity (Wildman–Crippen MR) is 173 cm³/mol. The number of nitrogens with one attached hydrogen (secondary N) is 2. The van der Waals surface area contributed by atoms with Crippen molar-refractivity contribution in [3.05, 3.63) is 150 Å². The molecule has 3 aliphatic rings. The Morgan fingerprint density at radius 1 is 0.810 bits per heavy atom. The zero-order chi connectivity index (χ0) is 28.0. The number of anilines is 1. The van der Waals surface area contributed by atoms with Gasteiger partial charge in [0.25, 0.3) is 0 Å². The van der Waals surface area contributed by atoms with E-state index in [1.165, 1.54) is 49.5 Å². The molecule has 3 unspecified atom stereocenters. The van der Waals surface area contributed by atoms with Gasteiger partial charge in [-0.05, 0) is 69.5 Å². The number of fused-ring (bicyclic) bond motifs is 5. The normalized spacial score (nSPS) is 21.5. The fourth-order valence-corrected chi connectivity index (χ4v) is 6.66. The molecule has 0 amide bonds. The Labute approximate surface area is 246 Å². The van der Waals surface area contributed by atoms with E-state index in [9.17, 15) is 0 Å². The van der Waals surface area contributed by atoms with E-state index >= 15 is 0 Å². The molecule has 0 aromatic heterocycles. The Balaban J connectivity index is 1.24. The smallest absolute Gasteiger partial charge is 0.192 e. The van der Waals surface area contributed by atoms with Crippen LogP contribution in [-0.2, 0) is 0 Å². The number of allylic oxidation sites excluding steroid dienone is 3. The second-order valence-corrected chi connectivity index (χ2v) is 11.4. The molecule has 5 aromatic carbocycles. The van der Waals surface area contributed by atoms with Crippen LogP contribution in [0.3, 0.4) is 0 Å². The first kappa shape index (κ1) is 25.0. The average molecular weight is 548 g/mol. The second kappa shape index (κ2) is 10.2. The van der Waals surface area contributed by atoms with Crippen LogP contribution < -0.4 is 15.4 Å². The lowest BCUT2D eigenvalue weighted by atomic mass is 9.94. The molecule has 3 atom stereocenters. The number of nitrogens with zero attached hydrogens (tertiary/aromatic N) is 1. The Morgan fingerprint density at radius 3 is 2.38 bits per heavy atom. The first-order chi connectivity index (χ1) is 20.7. The number of hydrogen-bond donors (Lipinski definition) is 2. The fraction of sp³-hybridized carbons (Fsp3) is 0.158. The molecule has 4 heteroatoms. The molecular formula is C38H33N3O. The van der Waals surface area contributed by atoms with Gasteiger partial charge in [-0.1, -0.05) is 109 Å². The number of hydrogen-bond acceptors (Lipinski definition) is 4. The molecule has 8 rings (SSSR count). The van der Waals surface area contributed by atoms with Crippen LogP contribution in [0.1, 0.15) is 41.7 Å². The highest BCUT2D eigenvalue weighted by Gasteiger charge is 2.30. The highest BCUT2D eigenvalue weighted by Crippen LogP contribution is 2.45. The quantitative estimate of drug-likeness (QED) is 0.221. The van der Waals surface area contributed by atoms with Crippen LogP contribution in [-0.4, -0.2) is 18.2 Å². The topological polar surface area (TPSA) is 36.5 Å². The maximum Gasteiger partial charge on any atom is 0.192 e. The third kappa shape index (κ3) is 4.27. The van der Waals surface area contributed by atoms with Gasteiger partial charge < -0.3 is 15.0 Å². The maximum absolute atomic E-state index is 6.68.